The molecule has 0 aliphatic heterocycles. The molecular formula is C21H18N4O4S. The number of anilines is 1. The number of thioether (sulfide) groups is 1. The first-order valence-electron chi connectivity index (χ1n) is 8.99. The van der Waals surface area contributed by atoms with Crippen LogP contribution in [0.5, 0.6) is 0 Å². The van der Waals surface area contributed by atoms with Gasteiger partial charge in [-0.1, -0.05) is 35.5 Å². The number of aryl methyl sites for hydroxylation is 1. The first kappa shape index (κ1) is 21.1. The van der Waals surface area contributed by atoms with Crippen molar-refractivity contribution in [1.29, 1.82) is 5.26 Å². The monoisotopic (exact) mass is 422 g/mol. The number of hydrogen-bond donors (Lipinski definition) is 0. The minimum Gasteiger partial charge on any atom is -0.452 e. The summed E-state index contributed by atoms with van der Waals surface area (Å²) in [5.41, 5.74) is 0.893. The van der Waals surface area contributed by atoms with Crippen molar-refractivity contribution in [3.63, 3.8) is 0 Å². The summed E-state index contributed by atoms with van der Waals surface area (Å²) in [6.07, 6.45) is 0. The van der Waals surface area contributed by atoms with E-state index in [1.54, 1.807) is 55.5 Å². The van der Waals surface area contributed by atoms with Crippen LogP contribution in [-0.2, 0) is 15.3 Å². The molecule has 0 N–H and O–H groups in total. The molecule has 0 fully saturated rings. The van der Waals surface area contributed by atoms with Crippen molar-refractivity contribution < 1.29 is 18.8 Å². The molecule has 0 atom stereocenters. The van der Waals surface area contributed by atoms with Gasteiger partial charge in [-0.25, -0.2) is 4.79 Å². The normalized spacial score (nSPS) is 10.3. The number of nitrogens with zero attached hydrogens (tertiary/aromatic N) is 4. The zero-order chi connectivity index (χ0) is 21.3. The fourth-order valence-corrected chi connectivity index (χ4v) is 3.46. The molecule has 3 rings (SSSR count). The minimum absolute atomic E-state index is 0.142. The Morgan fingerprint density at radius 2 is 1.90 bits per heavy atom. The molecule has 30 heavy (non-hydrogen) atoms. The maximum atomic E-state index is 12.6. The molecule has 3 aromatic rings. The molecule has 9 heteroatoms. The summed E-state index contributed by atoms with van der Waals surface area (Å²) < 4.78 is 10.3. The van der Waals surface area contributed by atoms with Crippen molar-refractivity contribution in [2.75, 3.05) is 18.1 Å². The molecular weight excluding hydrogens is 404 g/mol. The molecule has 0 saturated carbocycles. The topological polar surface area (TPSA) is 109 Å². The SMILES string of the molecule is Cc1noc(CSc2ccccc2C(=O)OCC(=O)N(CC#N)c2ccccc2)n1. The Morgan fingerprint density at radius 3 is 2.60 bits per heavy atom. The third-order valence-corrected chi connectivity index (χ3v) is 5.01. The van der Waals surface area contributed by atoms with Crippen molar-refractivity contribution in [3.8, 4) is 6.07 Å². The van der Waals surface area contributed by atoms with Gasteiger partial charge >= 0.3 is 5.97 Å². The predicted octanol–water partition coefficient (Wildman–Crippen LogP) is 3.38. The van der Waals surface area contributed by atoms with E-state index in [4.69, 9.17) is 14.5 Å². The molecule has 0 aliphatic carbocycles. The van der Waals surface area contributed by atoms with Gasteiger partial charge in [0.05, 0.1) is 17.4 Å². The number of benzene rings is 2. The number of carbonyl (C=O) groups excluding carboxylic acids is 2. The molecule has 0 radical (unpaired) electrons. The third-order valence-electron chi connectivity index (χ3n) is 3.95. The molecule has 2 aromatic carbocycles. The lowest BCUT2D eigenvalue weighted by atomic mass is 10.2. The van der Waals surface area contributed by atoms with E-state index in [1.807, 2.05) is 12.1 Å². The smallest absolute Gasteiger partial charge is 0.339 e. The summed E-state index contributed by atoms with van der Waals surface area (Å²) in [5.74, 6) is 0.275. The second-order valence-corrected chi connectivity index (χ2v) is 7.09. The fraction of sp³-hybridized carbons (Fsp3) is 0.190. The highest BCUT2D eigenvalue weighted by Gasteiger charge is 2.19. The first-order chi connectivity index (χ1) is 14.6. The number of nitriles is 1. The van der Waals surface area contributed by atoms with Crippen molar-refractivity contribution in [1.82, 2.24) is 10.1 Å². The first-order valence-corrected chi connectivity index (χ1v) is 9.97. The van der Waals surface area contributed by atoms with Crippen LogP contribution in [0.1, 0.15) is 22.1 Å². The maximum Gasteiger partial charge on any atom is 0.339 e. The lowest BCUT2D eigenvalue weighted by Gasteiger charge is -2.19. The highest BCUT2D eigenvalue weighted by atomic mass is 32.2. The standard InChI is InChI=1S/C21H18N4O4S/c1-15-23-19(29-24-15)14-30-18-10-6-5-9-17(18)21(27)28-13-20(26)25(12-11-22)16-7-3-2-4-8-16/h2-10H,12-14H2,1H3. The summed E-state index contributed by atoms with van der Waals surface area (Å²) in [6.45, 7) is 1.11. The van der Waals surface area contributed by atoms with Gasteiger partial charge in [0.15, 0.2) is 12.4 Å². The summed E-state index contributed by atoms with van der Waals surface area (Å²) in [5, 5.41) is 12.8. The molecule has 0 bridgehead atoms. The number of para-hydroxylation sites is 1. The van der Waals surface area contributed by atoms with E-state index < -0.39 is 18.5 Å². The Labute approximate surface area is 177 Å². The van der Waals surface area contributed by atoms with E-state index >= 15 is 0 Å². The van der Waals surface area contributed by atoms with Crippen LogP contribution in [-0.4, -0.2) is 35.2 Å². The molecule has 0 saturated heterocycles. The van der Waals surface area contributed by atoms with Crippen molar-refractivity contribution in [2.45, 2.75) is 17.6 Å². The van der Waals surface area contributed by atoms with E-state index in [1.165, 1.54) is 16.7 Å². The number of hydrogen-bond acceptors (Lipinski definition) is 8. The number of carbonyl (C=O) groups is 2. The highest BCUT2D eigenvalue weighted by Crippen LogP contribution is 2.26. The molecule has 1 amide bonds. The largest absolute Gasteiger partial charge is 0.452 e. The van der Waals surface area contributed by atoms with Gasteiger partial charge in [0.25, 0.3) is 5.91 Å². The van der Waals surface area contributed by atoms with E-state index in [-0.39, 0.29) is 6.54 Å². The average molecular weight is 422 g/mol. The highest BCUT2D eigenvalue weighted by molar-refractivity contribution is 7.98. The van der Waals surface area contributed by atoms with Gasteiger partial charge in [0, 0.05) is 10.6 Å². The molecule has 0 spiro atoms. The number of aromatic nitrogens is 2. The van der Waals surface area contributed by atoms with E-state index in [0.29, 0.717) is 33.6 Å². The van der Waals surface area contributed by atoms with Crippen LogP contribution in [0, 0.1) is 18.3 Å². The zero-order valence-corrected chi connectivity index (χ0v) is 17.0. The van der Waals surface area contributed by atoms with E-state index in [2.05, 4.69) is 10.1 Å². The van der Waals surface area contributed by atoms with Gasteiger partial charge in [0.1, 0.15) is 6.54 Å². The van der Waals surface area contributed by atoms with E-state index in [9.17, 15) is 9.59 Å². The quantitative estimate of drug-likeness (QED) is 0.309. The molecule has 0 unspecified atom stereocenters. The third kappa shape index (κ3) is 5.46. The van der Waals surface area contributed by atoms with Crippen LogP contribution < -0.4 is 4.90 Å². The average Bonchev–Trinajstić information content (AvgIpc) is 3.20. The second kappa shape index (κ2) is 10.2. The Kier molecular flexibility index (Phi) is 7.19. The minimum atomic E-state index is -0.627. The van der Waals surface area contributed by atoms with Crippen LogP contribution in [0.3, 0.4) is 0 Å². The van der Waals surface area contributed by atoms with Gasteiger partial charge in [-0.3, -0.25) is 9.69 Å². The van der Waals surface area contributed by atoms with Crippen LogP contribution in [0.4, 0.5) is 5.69 Å². The Hall–Kier alpha value is -3.64. The Bertz CT molecular complexity index is 1060. The second-order valence-electron chi connectivity index (χ2n) is 6.07. The number of rotatable bonds is 8. The summed E-state index contributed by atoms with van der Waals surface area (Å²) in [6, 6.07) is 17.6. The van der Waals surface area contributed by atoms with Crippen LogP contribution in [0.15, 0.2) is 64.0 Å². The number of ether oxygens (including phenoxy) is 1. The lowest BCUT2D eigenvalue weighted by molar-refractivity contribution is -0.121. The predicted molar refractivity (Wildman–Crippen MR) is 110 cm³/mol. The van der Waals surface area contributed by atoms with Crippen molar-refractivity contribution in [2.24, 2.45) is 0 Å². The molecule has 0 aliphatic rings. The number of esters is 1. The zero-order valence-electron chi connectivity index (χ0n) is 16.1. The van der Waals surface area contributed by atoms with Gasteiger partial charge < -0.3 is 9.26 Å². The van der Waals surface area contributed by atoms with E-state index in [0.717, 1.165) is 0 Å². The molecule has 8 nitrogen and oxygen atoms in total. The summed E-state index contributed by atoms with van der Waals surface area (Å²) in [7, 11) is 0. The van der Waals surface area contributed by atoms with Gasteiger partial charge in [0.2, 0.25) is 5.89 Å². The van der Waals surface area contributed by atoms with Crippen LogP contribution in [0.2, 0.25) is 0 Å². The van der Waals surface area contributed by atoms with Gasteiger partial charge in [-0.15, -0.1) is 11.8 Å². The van der Waals surface area contributed by atoms with Crippen molar-refractivity contribution in [3.05, 3.63) is 71.9 Å². The summed E-state index contributed by atoms with van der Waals surface area (Å²) >= 11 is 1.35. The Balaban J connectivity index is 1.64. The Morgan fingerprint density at radius 1 is 1.17 bits per heavy atom. The molecule has 1 heterocycles. The maximum absolute atomic E-state index is 12.6. The van der Waals surface area contributed by atoms with Gasteiger partial charge in [-0.2, -0.15) is 10.2 Å². The summed E-state index contributed by atoms with van der Waals surface area (Å²) in [4.78, 5) is 31.2. The fourth-order valence-electron chi connectivity index (χ4n) is 2.58. The molecule has 152 valence electrons. The number of amides is 1. The van der Waals surface area contributed by atoms with Crippen LogP contribution in [0.25, 0.3) is 0 Å². The van der Waals surface area contributed by atoms with Crippen molar-refractivity contribution >= 4 is 29.3 Å². The lowest BCUT2D eigenvalue weighted by Crippen LogP contribution is -2.35. The van der Waals surface area contributed by atoms with Gasteiger partial charge in [-0.05, 0) is 31.2 Å². The molecule has 1 aromatic heterocycles. The van der Waals surface area contributed by atoms with Crippen LogP contribution >= 0.6 is 11.8 Å².